The van der Waals surface area contributed by atoms with Crippen molar-refractivity contribution in [1.29, 1.82) is 0 Å². The van der Waals surface area contributed by atoms with E-state index in [4.69, 9.17) is 15.2 Å². The third kappa shape index (κ3) is 1.74. The summed E-state index contributed by atoms with van der Waals surface area (Å²) in [6.07, 6.45) is 0. The number of imidazole rings is 1. The van der Waals surface area contributed by atoms with Crippen LogP contribution in [0, 0.1) is 0 Å². The molecule has 1 aliphatic rings. The van der Waals surface area contributed by atoms with Crippen molar-refractivity contribution in [3.63, 3.8) is 0 Å². The Morgan fingerprint density at radius 1 is 1.29 bits per heavy atom. The highest BCUT2D eigenvalue weighted by atomic mass is 16.5. The molecular formula is C16H15N3O2. The molecule has 0 bridgehead atoms. The third-order valence-electron chi connectivity index (χ3n) is 3.91. The standard InChI is InChI=1S/C16H15N3O2/c1-20-10-6-7-12-13(8-10)19(16(17)18-12)14-9-21-15-5-3-2-4-11(14)15/h2-8,14H,9H2,1H3,(H2,17,18). The molecule has 0 amide bonds. The molecule has 1 aliphatic heterocycles. The molecule has 106 valence electrons. The lowest BCUT2D eigenvalue weighted by molar-refractivity contribution is 0.320. The minimum absolute atomic E-state index is 0.0401. The van der Waals surface area contributed by atoms with Crippen molar-refractivity contribution < 1.29 is 9.47 Å². The van der Waals surface area contributed by atoms with E-state index in [9.17, 15) is 0 Å². The van der Waals surface area contributed by atoms with E-state index in [1.807, 2.05) is 41.0 Å². The van der Waals surface area contributed by atoms with Gasteiger partial charge < -0.3 is 15.2 Å². The summed E-state index contributed by atoms with van der Waals surface area (Å²) in [4.78, 5) is 4.44. The molecule has 0 aliphatic carbocycles. The van der Waals surface area contributed by atoms with Gasteiger partial charge in [-0.1, -0.05) is 18.2 Å². The normalized spacial score (nSPS) is 16.7. The number of nitrogens with two attached hydrogens (primary N) is 1. The van der Waals surface area contributed by atoms with Crippen molar-refractivity contribution >= 4 is 17.0 Å². The number of fused-ring (bicyclic) bond motifs is 2. The highest BCUT2D eigenvalue weighted by Gasteiger charge is 2.28. The number of nitrogens with zero attached hydrogens (tertiary/aromatic N) is 2. The van der Waals surface area contributed by atoms with Crippen LogP contribution in [0.1, 0.15) is 11.6 Å². The van der Waals surface area contributed by atoms with Crippen LogP contribution in [-0.4, -0.2) is 23.3 Å². The Hall–Kier alpha value is -2.69. The van der Waals surface area contributed by atoms with Gasteiger partial charge in [0.15, 0.2) is 0 Å². The predicted octanol–water partition coefficient (Wildman–Crippen LogP) is 2.61. The minimum Gasteiger partial charge on any atom is -0.497 e. The number of para-hydroxylation sites is 1. The Labute approximate surface area is 121 Å². The fourth-order valence-corrected chi connectivity index (χ4v) is 2.91. The zero-order valence-corrected chi connectivity index (χ0v) is 11.6. The van der Waals surface area contributed by atoms with Gasteiger partial charge in [-0.2, -0.15) is 0 Å². The molecule has 5 nitrogen and oxygen atoms in total. The van der Waals surface area contributed by atoms with E-state index in [1.165, 1.54) is 0 Å². The van der Waals surface area contributed by atoms with Crippen molar-refractivity contribution in [3.8, 4) is 11.5 Å². The first kappa shape index (κ1) is 12.1. The Morgan fingerprint density at radius 3 is 3.00 bits per heavy atom. The summed E-state index contributed by atoms with van der Waals surface area (Å²) < 4.78 is 13.1. The number of ether oxygens (including phenoxy) is 2. The maximum Gasteiger partial charge on any atom is 0.201 e. The van der Waals surface area contributed by atoms with Crippen molar-refractivity contribution in [1.82, 2.24) is 9.55 Å². The largest absolute Gasteiger partial charge is 0.497 e. The average Bonchev–Trinajstić information content (AvgIpc) is 3.06. The summed E-state index contributed by atoms with van der Waals surface area (Å²) >= 11 is 0. The van der Waals surface area contributed by atoms with Crippen LogP contribution >= 0.6 is 0 Å². The molecule has 4 rings (SSSR count). The predicted molar refractivity (Wildman–Crippen MR) is 80.8 cm³/mol. The lowest BCUT2D eigenvalue weighted by Crippen LogP contribution is -2.14. The molecule has 3 aromatic rings. The summed E-state index contributed by atoms with van der Waals surface area (Å²) in [5.41, 5.74) is 9.08. The summed E-state index contributed by atoms with van der Waals surface area (Å²) in [6.45, 7) is 0.562. The molecule has 0 fully saturated rings. The van der Waals surface area contributed by atoms with Crippen LogP contribution in [0.4, 0.5) is 5.95 Å². The van der Waals surface area contributed by atoms with Crippen LogP contribution in [0.25, 0.3) is 11.0 Å². The second-order valence-corrected chi connectivity index (χ2v) is 5.06. The summed E-state index contributed by atoms with van der Waals surface area (Å²) in [5.74, 6) is 2.19. The topological polar surface area (TPSA) is 62.3 Å². The monoisotopic (exact) mass is 281 g/mol. The summed E-state index contributed by atoms with van der Waals surface area (Å²) in [6, 6.07) is 13.8. The van der Waals surface area contributed by atoms with Gasteiger partial charge in [0.05, 0.1) is 24.2 Å². The van der Waals surface area contributed by atoms with E-state index in [0.717, 1.165) is 28.1 Å². The van der Waals surface area contributed by atoms with Gasteiger partial charge in [-0.15, -0.1) is 0 Å². The van der Waals surface area contributed by atoms with Gasteiger partial charge in [0, 0.05) is 11.6 Å². The maximum absolute atomic E-state index is 6.14. The highest BCUT2D eigenvalue weighted by molar-refractivity contribution is 5.80. The summed E-state index contributed by atoms with van der Waals surface area (Å²) in [7, 11) is 1.65. The Bertz CT molecular complexity index is 826. The molecule has 21 heavy (non-hydrogen) atoms. The number of aromatic nitrogens is 2. The Balaban J connectivity index is 1.93. The highest BCUT2D eigenvalue weighted by Crippen LogP contribution is 2.38. The van der Waals surface area contributed by atoms with Crippen LogP contribution in [0.2, 0.25) is 0 Å². The SMILES string of the molecule is COc1ccc2nc(N)n(C3COc4ccccc43)c2c1. The molecule has 0 saturated carbocycles. The van der Waals surface area contributed by atoms with Crippen LogP contribution < -0.4 is 15.2 Å². The summed E-state index contributed by atoms with van der Waals surface area (Å²) in [5, 5.41) is 0. The number of anilines is 1. The van der Waals surface area contributed by atoms with Gasteiger partial charge in [0.1, 0.15) is 18.1 Å². The first-order valence-corrected chi connectivity index (χ1v) is 6.81. The van der Waals surface area contributed by atoms with Crippen molar-refractivity contribution in [2.45, 2.75) is 6.04 Å². The van der Waals surface area contributed by atoms with E-state index in [1.54, 1.807) is 7.11 Å². The lowest BCUT2D eigenvalue weighted by atomic mass is 10.1. The second-order valence-electron chi connectivity index (χ2n) is 5.06. The molecule has 0 saturated heterocycles. The minimum atomic E-state index is 0.0401. The van der Waals surface area contributed by atoms with Crippen molar-refractivity contribution in [3.05, 3.63) is 48.0 Å². The molecule has 0 spiro atoms. The van der Waals surface area contributed by atoms with E-state index >= 15 is 0 Å². The fourth-order valence-electron chi connectivity index (χ4n) is 2.91. The van der Waals surface area contributed by atoms with Gasteiger partial charge >= 0.3 is 0 Å². The smallest absolute Gasteiger partial charge is 0.201 e. The van der Waals surface area contributed by atoms with E-state index in [0.29, 0.717) is 12.6 Å². The van der Waals surface area contributed by atoms with Gasteiger partial charge in [-0.05, 0) is 18.2 Å². The molecule has 0 radical (unpaired) electrons. The quantitative estimate of drug-likeness (QED) is 0.784. The number of hydrogen-bond donors (Lipinski definition) is 1. The van der Waals surface area contributed by atoms with Crippen LogP contribution in [0.5, 0.6) is 11.5 Å². The van der Waals surface area contributed by atoms with E-state index in [2.05, 4.69) is 11.1 Å². The first-order valence-electron chi connectivity index (χ1n) is 6.81. The van der Waals surface area contributed by atoms with Gasteiger partial charge in [-0.25, -0.2) is 4.98 Å². The molecular weight excluding hydrogens is 266 g/mol. The number of benzene rings is 2. The average molecular weight is 281 g/mol. The van der Waals surface area contributed by atoms with Crippen LogP contribution in [-0.2, 0) is 0 Å². The molecule has 5 heteroatoms. The van der Waals surface area contributed by atoms with Crippen LogP contribution in [0.15, 0.2) is 42.5 Å². The number of nitrogen functional groups attached to an aromatic ring is 1. The van der Waals surface area contributed by atoms with Crippen molar-refractivity contribution in [2.24, 2.45) is 0 Å². The van der Waals surface area contributed by atoms with Gasteiger partial charge in [-0.3, -0.25) is 4.57 Å². The van der Waals surface area contributed by atoms with Crippen molar-refractivity contribution in [2.75, 3.05) is 19.5 Å². The Morgan fingerprint density at radius 2 is 2.14 bits per heavy atom. The number of rotatable bonds is 2. The molecule has 1 unspecified atom stereocenters. The molecule has 1 atom stereocenters. The first-order chi connectivity index (χ1) is 10.3. The van der Waals surface area contributed by atoms with Gasteiger partial charge in [0.25, 0.3) is 0 Å². The van der Waals surface area contributed by atoms with E-state index < -0.39 is 0 Å². The number of methoxy groups -OCH3 is 1. The zero-order valence-electron chi connectivity index (χ0n) is 11.6. The molecule has 2 N–H and O–H groups in total. The molecule has 1 aromatic heterocycles. The lowest BCUT2D eigenvalue weighted by Gasteiger charge is -2.14. The second kappa shape index (κ2) is 4.41. The fraction of sp³-hybridized carbons (Fsp3) is 0.188. The van der Waals surface area contributed by atoms with E-state index in [-0.39, 0.29) is 6.04 Å². The molecule has 2 aromatic carbocycles. The Kier molecular flexibility index (Phi) is 2.54. The number of hydrogen-bond acceptors (Lipinski definition) is 4. The zero-order chi connectivity index (χ0) is 14.4. The van der Waals surface area contributed by atoms with Gasteiger partial charge in [0.2, 0.25) is 5.95 Å². The third-order valence-corrected chi connectivity index (χ3v) is 3.91. The molecule has 2 heterocycles. The van der Waals surface area contributed by atoms with Crippen LogP contribution in [0.3, 0.4) is 0 Å². The maximum atomic E-state index is 6.14.